The molecule has 0 fully saturated rings. The highest BCUT2D eigenvalue weighted by atomic mass is 16.6. The summed E-state index contributed by atoms with van der Waals surface area (Å²) in [7, 11) is 0. The number of nitrogens with zero attached hydrogens (tertiary/aromatic N) is 1. The minimum atomic E-state index is -0.545. The summed E-state index contributed by atoms with van der Waals surface area (Å²) in [5.41, 5.74) is 2.86. The van der Waals surface area contributed by atoms with Crippen molar-refractivity contribution in [3.8, 4) is 0 Å². The lowest BCUT2D eigenvalue weighted by atomic mass is 9.78. The standard InChI is InChI=1S/C16H19NO2/c1-10(2)13-15(18)19-16(3)9-8-11-6-4-5-7-12(11)14(16)17-13/h4-7,10,13H,8-9H2,1-3H3/t13-,16-/m0/s1. The summed E-state index contributed by atoms with van der Waals surface area (Å²) in [5, 5.41) is 0. The first-order chi connectivity index (χ1) is 9.01. The highest BCUT2D eigenvalue weighted by Gasteiger charge is 2.45. The van der Waals surface area contributed by atoms with Crippen LogP contribution in [0.1, 0.15) is 38.3 Å². The van der Waals surface area contributed by atoms with Crippen LogP contribution in [0.25, 0.3) is 0 Å². The molecular formula is C16H19NO2. The SMILES string of the molecule is CC(C)[C@@H]1N=C2c3ccccc3CC[C@]2(C)OC1=O. The monoisotopic (exact) mass is 257 g/mol. The lowest BCUT2D eigenvalue weighted by Gasteiger charge is -2.40. The van der Waals surface area contributed by atoms with Crippen molar-refractivity contribution in [1.82, 2.24) is 0 Å². The molecular weight excluding hydrogens is 238 g/mol. The van der Waals surface area contributed by atoms with Crippen molar-refractivity contribution in [2.45, 2.75) is 45.3 Å². The van der Waals surface area contributed by atoms with Gasteiger partial charge in [-0.15, -0.1) is 0 Å². The Morgan fingerprint density at radius 2 is 2.11 bits per heavy atom. The van der Waals surface area contributed by atoms with Crippen molar-refractivity contribution >= 4 is 11.7 Å². The van der Waals surface area contributed by atoms with E-state index in [0.29, 0.717) is 0 Å². The van der Waals surface area contributed by atoms with Gasteiger partial charge in [-0.25, -0.2) is 4.79 Å². The van der Waals surface area contributed by atoms with Crippen molar-refractivity contribution in [2.75, 3.05) is 0 Å². The minimum Gasteiger partial charge on any atom is -0.451 e. The molecule has 3 nitrogen and oxygen atoms in total. The summed E-state index contributed by atoms with van der Waals surface area (Å²) in [6.45, 7) is 6.00. The Bertz CT molecular complexity index is 562. The summed E-state index contributed by atoms with van der Waals surface area (Å²) in [5.74, 6) is -0.0146. The van der Waals surface area contributed by atoms with Gasteiger partial charge in [-0.2, -0.15) is 0 Å². The molecule has 0 saturated heterocycles. The first-order valence-electron chi connectivity index (χ1n) is 6.91. The molecule has 2 aliphatic rings. The maximum Gasteiger partial charge on any atom is 0.332 e. The minimum absolute atomic E-state index is 0.165. The first kappa shape index (κ1) is 12.4. The Morgan fingerprint density at radius 1 is 1.37 bits per heavy atom. The number of benzene rings is 1. The van der Waals surface area contributed by atoms with Crippen LogP contribution in [0.5, 0.6) is 0 Å². The van der Waals surface area contributed by atoms with Crippen LogP contribution in [0.4, 0.5) is 0 Å². The van der Waals surface area contributed by atoms with Crippen LogP contribution < -0.4 is 0 Å². The highest BCUT2D eigenvalue weighted by Crippen LogP contribution is 2.36. The molecule has 1 aromatic carbocycles. The number of ether oxygens (including phenoxy) is 1. The first-order valence-corrected chi connectivity index (χ1v) is 6.91. The Labute approximate surface area is 113 Å². The second-order valence-electron chi connectivity index (χ2n) is 5.98. The Balaban J connectivity index is 2.15. The molecule has 0 N–H and O–H groups in total. The number of hydrogen-bond acceptors (Lipinski definition) is 3. The fraction of sp³-hybridized carbons (Fsp3) is 0.500. The predicted octanol–water partition coefficient (Wildman–Crippen LogP) is 2.76. The molecule has 0 bridgehead atoms. The summed E-state index contributed by atoms with van der Waals surface area (Å²) in [4.78, 5) is 16.8. The van der Waals surface area contributed by atoms with Gasteiger partial charge in [0, 0.05) is 5.56 Å². The Morgan fingerprint density at radius 3 is 2.84 bits per heavy atom. The molecule has 19 heavy (non-hydrogen) atoms. The summed E-state index contributed by atoms with van der Waals surface area (Å²) < 4.78 is 5.74. The number of fused-ring (bicyclic) bond motifs is 3. The van der Waals surface area contributed by atoms with Gasteiger partial charge in [0.25, 0.3) is 0 Å². The average Bonchev–Trinajstić information content (AvgIpc) is 2.36. The van der Waals surface area contributed by atoms with Gasteiger partial charge in [0.1, 0.15) is 6.04 Å². The molecule has 100 valence electrons. The van der Waals surface area contributed by atoms with Crippen molar-refractivity contribution in [3.63, 3.8) is 0 Å². The molecule has 1 aromatic rings. The van der Waals surface area contributed by atoms with Crippen molar-refractivity contribution < 1.29 is 9.53 Å². The van der Waals surface area contributed by atoms with Crippen LogP contribution in [0, 0.1) is 5.92 Å². The molecule has 0 unspecified atom stereocenters. The fourth-order valence-corrected chi connectivity index (χ4v) is 2.95. The van der Waals surface area contributed by atoms with Crippen LogP contribution in [0.2, 0.25) is 0 Å². The molecule has 1 heterocycles. The normalized spacial score (nSPS) is 29.4. The van der Waals surface area contributed by atoms with Crippen molar-refractivity contribution in [3.05, 3.63) is 35.4 Å². The summed E-state index contributed by atoms with van der Waals surface area (Å²) in [6, 6.07) is 7.93. The van der Waals surface area contributed by atoms with Crippen molar-refractivity contribution in [1.29, 1.82) is 0 Å². The molecule has 1 aliphatic heterocycles. The van der Waals surface area contributed by atoms with E-state index in [4.69, 9.17) is 9.73 Å². The molecule has 3 heteroatoms. The number of hydrogen-bond donors (Lipinski definition) is 0. The molecule has 3 rings (SSSR count). The van der Waals surface area contributed by atoms with Crippen LogP contribution in [-0.2, 0) is 16.0 Å². The predicted molar refractivity (Wildman–Crippen MR) is 74.4 cm³/mol. The maximum absolute atomic E-state index is 12.1. The molecule has 1 aliphatic carbocycles. The van der Waals surface area contributed by atoms with Gasteiger partial charge in [-0.3, -0.25) is 4.99 Å². The van der Waals surface area contributed by atoms with E-state index in [1.165, 1.54) is 5.56 Å². The van der Waals surface area contributed by atoms with E-state index < -0.39 is 5.60 Å². The van der Waals surface area contributed by atoms with E-state index in [9.17, 15) is 4.79 Å². The van der Waals surface area contributed by atoms with Gasteiger partial charge >= 0.3 is 5.97 Å². The second-order valence-corrected chi connectivity index (χ2v) is 5.98. The van der Waals surface area contributed by atoms with Gasteiger partial charge in [0.2, 0.25) is 0 Å². The van der Waals surface area contributed by atoms with Gasteiger partial charge < -0.3 is 4.74 Å². The Kier molecular flexibility index (Phi) is 2.73. The zero-order valence-electron chi connectivity index (χ0n) is 11.6. The third-order valence-corrected chi connectivity index (χ3v) is 4.11. The lowest BCUT2D eigenvalue weighted by molar-refractivity contribution is -0.157. The third-order valence-electron chi connectivity index (χ3n) is 4.11. The largest absolute Gasteiger partial charge is 0.451 e. The van der Waals surface area contributed by atoms with E-state index in [2.05, 4.69) is 18.2 Å². The molecule has 0 aromatic heterocycles. The van der Waals surface area contributed by atoms with Crippen molar-refractivity contribution in [2.24, 2.45) is 10.9 Å². The Hall–Kier alpha value is -1.64. The number of aryl methyl sites for hydroxylation is 1. The summed E-state index contributed by atoms with van der Waals surface area (Å²) >= 11 is 0. The number of carbonyl (C=O) groups excluding carboxylic acids is 1. The molecule has 0 spiro atoms. The number of esters is 1. The van der Waals surface area contributed by atoms with E-state index in [1.807, 2.05) is 26.8 Å². The third kappa shape index (κ3) is 1.88. The van der Waals surface area contributed by atoms with Gasteiger partial charge in [0.05, 0.1) is 5.71 Å². The zero-order valence-corrected chi connectivity index (χ0v) is 11.6. The smallest absolute Gasteiger partial charge is 0.332 e. The van der Waals surface area contributed by atoms with Crippen LogP contribution in [-0.4, -0.2) is 23.3 Å². The van der Waals surface area contributed by atoms with E-state index in [1.54, 1.807) is 0 Å². The molecule has 0 saturated carbocycles. The number of aliphatic imine (C=N–C) groups is 1. The van der Waals surface area contributed by atoms with Gasteiger partial charge in [-0.05, 0) is 31.2 Å². The number of rotatable bonds is 1. The summed E-state index contributed by atoms with van der Waals surface area (Å²) in [6.07, 6.45) is 1.75. The molecule has 0 radical (unpaired) electrons. The molecule has 0 amide bonds. The van der Waals surface area contributed by atoms with E-state index in [-0.39, 0.29) is 17.9 Å². The van der Waals surface area contributed by atoms with Crippen LogP contribution in [0.15, 0.2) is 29.3 Å². The fourth-order valence-electron chi connectivity index (χ4n) is 2.95. The van der Waals surface area contributed by atoms with Crippen LogP contribution in [0.3, 0.4) is 0 Å². The van der Waals surface area contributed by atoms with Gasteiger partial charge in [0.15, 0.2) is 5.60 Å². The van der Waals surface area contributed by atoms with Crippen LogP contribution >= 0.6 is 0 Å². The topological polar surface area (TPSA) is 38.7 Å². The number of carbonyl (C=O) groups is 1. The zero-order chi connectivity index (χ0) is 13.6. The second kappa shape index (κ2) is 4.19. The average molecular weight is 257 g/mol. The highest BCUT2D eigenvalue weighted by molar-refractivity contribution is 6.11. The lowest BCUT2D eigenvalue weighted by Crippen LogP contribution is -2.51. The quantitative estimate of drug-likeness (QED) is 0.726. The molecule has 2 atom stereocenters. The van der Waals surface area contributed by atoms with E-state index >= 15 is 0 Å². The van der Waals surface area contributed by atoms with Gasteiger partial charge in [-0.1, -0.05) is 38.1 Å². The maximum atomic E-state index is 12.1. The van der Waals surface area contributed by atoms with E-state index in [0.717, 1.165) is 24.1 Å².